The van der Waals surface area contributed by atoms with E-state index < -0.39 is 17.3 Å². The van der Waals surface area contributed by atoms with Crippen molar-refractivity contribution in [1.29, 1.82) is 0 Å². The minimum absolute atomic E-state index is 0.179. The summed E-state index contributed by atoms with van der Waals surface area (Å²) in [6, 6.07) is 0. The van der Waals surface area contributed by atoms with E-state index in [1.807, 2.05) is 6.92 Å². The van der Waals surface area contributed by atoms with E-state index in [2.05, 4.69) is 19.6 Å². The Hall–Kier alpha value is -0.640. The molecule has 3 heteroatoms. The lowest BCUT2D eigenvalue weighted by atomic mass is 9.65. The third-order valence-electron chi connectivity index (χ3n) is 6.36. The lowest BCUT2D eigenvalue weighted by Crippen LogP contribution is -2.58. The van der Waals surface area contributed by atoms with Crippen molar-refractivity contribution in [2.24, 2.45) is 11.3 Å². The standard InChI is InChI=1S/C20H34O3/c1-14-7-6-8-15(2)13-16(21)17-19(5,10-9-14)11-12-20(17,23)18(3,4)22/h8,16-17,21-23H,1,6-7,9-13H2,2-5H3/b15-8+/t16-,17+,19-,20-/m1/s1. The quantitative estimate of drug-likeness (QED) is 0.645. The van der Waals surface area contributed by atoms with Crippen LogP contribution in [-0.2, 0) is 0 Å². The Morgan fingerprint density at radius 3 is 2.48 bits per heavy atom. The van der Waals surface area contributed by atoms with Gasteiger partial charge in [-0.15, -0.1) is 0 Å². The summed E-state index contributed by atoms with van der Waals surface area (Å²) >= 11 is 0. The molecular weight excluding hydrogens is 288 g/mol. The van der Waals surface area contributed by atoms with Crippen LogP contribution in [0.15, 0.2) is 23.8 Å². The summed E-state index contributed by atoms with van der Waals surface area (Å²) in [7, 11) is 0. The van der Waals surface area contributed by atoms with Crippen molar-refractivity contribution in [2.75, 3.05) is 0 Å². The van der Waals surface area contributed by atoms with Crippen molar-refractivity contribution in [1.82, 2.24) is 0 Å². The molecule has 0 aromatic rings. The Balaban J connectivity index is 2.42. The van der Waals surface area contributed by atoms with Crippen LogP contribution in [0, 0.1) is 11.3 Å². The molecule has 2 rings (SSSR count). The first kappa shape index (κ1) is 18.7. The van der Waals surface area contributed by atoms with Gasteiger partial charge in [0.25, 0.3) is 0 Å². The van der Waals surface area contributed by atoms with Crippen LogP contribution in [0.25, 0.3) is 0 Å². The number of allylic oxidation sites excluding steroid dienone is 2. The van der Waals surface area contributed by atoms with E-state index in [-0.39, 0.29) is 11.3 Å². The van der Waals surface area contributed by atoms with Gasteiger partial charge in [0.2, 0.25) is 0 Å². The summed E-state index contributed by atoms with van der Waals surface area (Å²) in [4.78, 5) is 0. The highest BCUT2D eigenvalue weighted by Gasteiger charge is 2.61. The highest BCUT2D eigenvalue weighted by Crippen LogP contribution is 2.57. The molecule has 4 atom stereocenters. The number of fused-ring (bicyclic) bond motifs is 1. The maximum atomic E-state index is 11.3. The van der Waals surface area contributed by atoms with Crippen LogP contribution in [0.4, 0.5) is 0 Å². The van der Waals surface area contributed by atoms with Gasteiger partial charge in [0.1, 0.15) is 0 Å². The molecule has 3 N–H and O–H groups in total. The number of aliphatic hydroxyl groups is 3. The van der Waals surface area contributed by atoms with Crippen LogP contribution in [-0.4, -0.2) is 32.6 Å². The number of rotatable bonds is 1. The SMILES string of the molecule is C=C1CC/C=C(\C)C[C@@H](O)[C@H]2[C@](C)(CC1)CC[C@]2(O)C(C)(C)O. The first-order valence-electron chi connectivity index (χ1n) is 8.95. The molecule has 1 saturated carbocycles. The Kier molecular flexibility index (Phi) is 5.16. The van der Waals surface area contributed by atoms with Gasteiger partial charge >= 0.3 is 0 Å². The zero-order valence-electron chi connectivity index (χ0n) is 15.2. The Labute approximate surface area is 141 Å². The minimum atomic E-state index is -1.25. The van der Waals surface area contributed by atoms with Crippen molar-refractivity contribution in [3.05, 3.63) is 23.8 Å². The third kappa shape index (κ3) is 3.57. The molecule has 0 aromatic carbocycles. The highest BCUT2D eigenvalue weighted by atomic mass is 16.4. The maximum Gasteiger partial charge on any atom is 0.0985 e. The largest absolute Gasteiger partial charge is 0.392 e. The van der Waals surface area contributed by atoms with Crippen LogP contribution >= 0.6 is 0 Å². The Morgan fingerprint density at radius 1 is 1.22 bits per heavy atom. The molecule has 1 fully saturated rings. The normalized spacial score (nSPS) is 42.6. The van der Waals surface area contributed by atoms with E-state index >= 15 is 0 Å². The molecule has 0 heterocycles. The van der Waals surface area contributed by atoms with Gasteiger partial charge in [-0.1, -0.05) is 30.7 Å². The van der Waals surface area contributed by atoms with Crippen LogP contribution in [0.3, 0.4) is 0 Å². The average molecular weight is 322 g/mol. The molecule has 0 aromatic heterocycles. The van der Waals surface area contributed by atoms with Gasteiger partial charge in [-0.2, -0.15) is 0 Å². The van der Waals surface area contributed by atoms with E-state index in [1.165, 1.54) is 5.57 Å². The lowest BCUT2D eigenvalue weighted by Gasteiger charge is -2.47. The van der Waals surface area contributed by atoms with Gasteiger partial charge in [-0.25, -0.2) is 0 Å². The molecule has 2 aliphatic carbocycles. The molecule has 0 aliphatic heterocycles. The zero-order valence-corrected chi connectivity index (χ0v) is 15.2. The molecule has 0 unspecified atom stereocenters. The van der Waals surface area contributed by atoms with Crippen molar-refractivity contribution in [2.45, 2.75) is 89.9 Å². The van der Waals surface area contributed by atoms with Crippen LogP contribution in [0.1, 0.15) is 72.6 Å². The van der Waals surface area contributed by atoms with Crippen LogP contribution in [0.2, 0.25) is 0 Å². The topological polar surface area (TPSA) is 60.7 Å². The fourth-order valence-electron chi connectivity index (χ4n) is 4.75. The molecule has 0 radical (unpaired) electrons. The van der Waals surface area contributed by atoms with Gasteiger partial charge in [-0.3, -0.25) is 0 Å². The van der Waals surface area contributed by atoms with E-state index in [0.717, 1.165) is 37.7 Å². The predicted molar refractivity (Wildman–Crippen MR) is 94.1 cm³/mol. The van der Waals surface area contributed by atoms with Gasteiger partial charge in [-0.05, 0) is 71.1 Å². The Morgan fingerprint density at radius 2 is 1.87 bits per heavy atom. The summed E-state index contributed by atoms with van der Waals surface area (Å²) < 4.78 is 0. The summed E-state index contributed by atoms with van der Waals surface area (Å²) in [5.74, 6) is -0.329. The molecule has 0 saturated heterocycles. The van der Waals surface area contributed by atoms with Gasteiger partial charge in [0, 0.05) is 5.92 Å². The van der Waals surface area contributed by atoms with Crippen LogP contribution < -0.4 is 0 Å². The van der Waals surface area contributed by atoms with Crippen molar-refractivity contribution < 1.29 is 15.3 Å². The second-order valence-corrected chi connectivity index (χ2v) is 8.73. The molecule has 0 spiro atoms. The fraction of sp³-hybridized carbons (Fsp3) is 0.800. The number of hydrogen-bond donors (Lipinski definition) is 3. The smallest absolute Gasteiger partial charge is 0.0985 e. The van der Waals surface area contributed by atoms with Gasteiger partial charge in [0.05, 0.1) is 17.3 Å². The molecule has 0 bridgehead atoms. The minimum Gasteiger partial charge on any atom is -0.392 e. The molecule has 3 nitrogen and oxygen atoms in total. The number of hydrogen-bond acceptors (Lipinski definition) is 3. The third-order valence-corrected chi connectivity index (χ3v) is 6.36. The first-order valence-corrected chi connectivity index (χ1v) is 8.95. The van der Waals surface area contributed by atoms with Gasteiger partial charge < -0.3 is 15.3 Å². The lowest BCUT2D eigenvalue weighted by molar-refractivity contribution is -0.186. The molecule has 23 heavy (non-hydrogen) atoms. The average Bonchev–Trinajstić information content (AvgIpc) is 2.68. The van der Waals surface area contributed by atoms with Crippen molar-refractivity contribution in [3.63, 3.8) is 0 Å². The second kappa shape index (κ2) is 6.34. The summed E-state index contributed by atoms with van der Waals surface area (Å²) in [5.41, 5.74) is -0.271. The van der Waals surface area contributed by atoms with E-state index in [1.54, 1.807) is 13.8 Å². The van der Waals surface area contributed by atoms with Crippen molar-refractivity contribution >= 4 is 0 Å². The van der Waals surface area contributed by atoms with E-state index in [4.69, 9.17) is 0 Å². The van der Waals surface area contributed by atoms with Crippen molar-refractivity contribution in [3.8, 4) is 0 Å². The number of aliphatic hydroxyl groups excluding tert-OH is 1. The second-order valence-electron chi connectivity index (χ2n) is 8.73. The Bertz CT molecular complexity index is 488. The first-order chi connectivity index (χ1) is 10.5. The molecule has 0 amide bonds. The summed E-state index contributed by atoms with van der Waals surface area (Å²) in [6.45, 7) is 11.7. The summed E-state index contributed by atoms with van der Waals surface area (Å²) in [6.07, 6.45) is 7.24. The highest BCUT2D eigenvalue weighted by molar-refractivity contribution is 5.16. The maximum absolute atomic E-state index is 11.3. The predicted octanol–water partition coefficient (Wildman–Crippen LogP) is 3.73. The zero-order chi connectivity index (χ0) is 17.5. The molecular formula is C20H34O3. The fourth-order valence-corrected chi connectivity index (χ4v) is 4.75. The van der Waals surface area contributed by atoms with E-state index in [9.17, 15) is 15.3 Å². The van der Waals surface area contributed by atoms with Gasteiger partial charge in [0.15, 0.2) is 0 Å². The van der Waals surface area contributed by atoms with E-state index in [0.29, 0.717) is 12.8 Å². The molecule has 2 aliphatic rings. The monoisotopic (exact) mass is 322 g/mol. The summed E-state index contributed by atoms with van der Waals surface area (Å²) in [5, 5.41) is 32.9. The molecule has 132 valence electrons. The van der Waals surface area contributed by atoms with Crippen LogP contribution in [0.5, 0.6) is 0 Å².